The fourth-order valence-corrected chi connectivity index (χ4v) is 6.93. The lowest BCUT2D eigenvalue weighted by Gasteiger charge is -2.19. The molecule has 0 bridgehead atoms. The first-order valence-electron chi connectivity index (χ1n) is 25.1. The van der Waals surface area contributed by atoms with Crippen molar-refractivity contribution >= 4 is 5.91 Å². The van der Waals surface area contributed by atoms with Crippen molar-refractivity contribution in [3.05, 3.63) is 109 Å². The number of unbranched alkanes of at least 4 members (excludes halogenated alkanes) is 21. The van der Waals surface area contributed by atoms with Gasteiger partial charge in [0.1, 0.15) is 0 Å². The van der Waals surface area contributed by atoms with Gasteiger partial charge in [0.25, 0.3) is 0 Å². The van der Waals surface area contributed by atoms with E-state index in [1.165, 1.54) is 116 Å². The van der Waals surface area contributed by atoms with Crippen molar-refractivity contribution < 1.29 is 15.0 Å². The van der Waals surface area contributed by atoms with Crippen LogP contribution in [-0.2, 0) is 4.79 Å². The van der Waals surface area contributed by atoms with Crippen molar-refractivity contribution in [1.82, 2.24) is 5.32 Å². The monoisotopic (exact) mass is 830 g/mol. The normalized spacial score (nSPS) is 13.9. The summed E-state index contributed by atoms with van der Waals surface area (Å²) in [6, 6.07) is -0.648. The Bertz CT molecular complexity index is 1170. The van der Waals surface area contributed by atoms with Gasteiger partial charge in [-0.25, -0.2) is 0 Å². The van der Waals surface area contributed by atoms with Gasteiger partial charge in [0, 0.05) is 6.42 Å². The van der Waals surface area contributed by atoms with Crippen molar-refractivity contribution in [2.24, 2.45) is 0 Å². The molecule has 3 N–H and O–H groups in total. The highest BCUT2D eigenvalue weighted by atomic mass is 16.3. The van der Waals surface area contributed by atoms with Crippen LogP contribution in [0.15, 0.2) is 109 Å². The standard InChI is InChI=1S/C56H95NO3/c1-3-5-7-9-11-13-15-16-17-18-19-20-21-22-23-24-25-26-27-28-29-30-31-32-33-34-35-36-37-38-39-40-42-44-46-48-50-52-56(60)57-54(53-58)55(59)51-49-47-45-43-41-14-12-10-8-6-4-2/h5,7-8,10-11,13,16-17,19-20,22-23,25-26,41,43,49,51,54-55,58-59H,3-4,6,9,12,14-15,18,21,24,27-40,42,44-48,50,52-53H2,1-2H3,(H,57,60)/b7-5-,10-8+,13-11-,17-16-,20-19-,23-22-,26-25-,43-41+,51-49+. The molecule has 0 saturated carbocycles. The molecule has 0 aliphatic carbocycles. The third-order valence-corrected chi connectivity index (χ3v) is 10.7. The van der Waals surface area contributed by atoms with Crippen LogP contribution in [0.3, 0.4) is 0 Å². The van der Waals surface area contributed by atoms with Gasteiger partial charge in [-0.15, -0.1) is 0 Å². The second-order valence-electron chi connectivity index (χ2n) is 16.5. The fourth-order valence-electron chi connectivity index (χ4n) is 6.93. The Labute approximate surface area is 372 Å². The van der Waals surface area contributed by atoms with E-state index in [2.05, 4.69) is 116 Å². The van der Waals surface area contributed by atoms with Crippen molar-refractivity contribution in [1.29, 1.82) is 0 Å². The number of aliphatic hydroxyl groups is 2. The molecule has 0 fully saturated rings. The molecule has 2 unspecified atom stereocenters. The van der Waals surface area contributed by atoms with Crippen LogP contribution in [-0.4, -0.2) is 34.9 Å². The zero-order valence-corrected chi connectivity index (χ0v) is 39.2. The topological polar surface area (TPSA) is 69.6 Å². The van der Waals surface area contributed by atoms with Crippen LogP contribution in [0.4, 0.5) is 0 Å². The second kappa shape index (κ2) is 50.4. The molecule has 4 nitrogen and oxygen atoms in total. The largest absolute Gasteiger partial charge is 0.394 e. The number of allylic oxidation sites excluding steroid dienone is 17. The average Bonchev–Trinajstić information content (AvgIpc) is 3.25. The van der Waals surface area contributed by atoms with Gasteiger partial charge < -0.3 is 15.5 Å². The molecular weight excluding hydrogens is 735 g/mol. The number of nitrogens with one attached hydrogen (secondary N) is 1. The minimum absolute atomic E-state index is 0.0826. The van der Waals surface area contributed by atoms with Crippen LogP contribution in [0, 0.1) is 0 Å². The molecule has 60 heavy (non-hydrogen) atoms. The third kappa shape index (κ3) is 46.1. The lowest BCUT2D eigenvalue weighted by Crippen LogP contribution is -2.45. The van der Waals surface area contributed by atoms with Crippen LogP contribution in [0.2, 0.25) is 0 Å². The van der Waals surface area contributed by atoms with Gasteiger partial charge in [0.05, 0.1) is 18.8 Å². The first-order chi connectivity index (χ1) is 29.7. The first kappa shape index (κ1) is 57.1. The maximum Gasteiger partial charge on any atom is 0.220 e. The molecule has 0 rings (SSSR count). The van der Waals surface area contributed by atoms with Crippen LogP contribution in [0.5, 0.6) is 0 Å². The molecule has 0 aliphatic rings. The van der Waals surface area contributed by atoms with Crippen molar-refractivity contribution in [3.63, 3.8) is 0 Å². The number of aliphatic hydroxyl groups excluding tert-OH is 2. The quantitative estimate of drug-likeness (QED) is 0.0423. The Morgan fingerprint density at radius 1 is 0.417 bits per heavy atom. The Morgan fingerprint density at radius 2 is 0.750 bits per heavy atom. The molecule has 1 amide bonds. The smallest absolute Gasteiger partial charge is 0.220 e. The minimum Gasteiger partial charge on any atom is -0.394 e. The third-order valence-electron chi connectivity index (χ3n) is 10.7. The molecule has 0 saturated heterocycles. The summed E-state index contributed by atoms with van der Waals surface area (Å²) in [5, 5.41) is 22.9. The number of hydrogen-bond donors (Lipinski definition) is 3. The van der Waals surface area contributed by atoms with Crippen LogP contribution in [0.1, 0.15) is 219 Å². The highest BCUT2D eigenvalue weighted by Gasteiger charge is 2.17. The van der Waals surface area contributed by atoms with Gasteiger partial charge in [-0.2, -0.15) is 0 Å². The molecular formula is C56H95NO3. The molecule has 0 aliphatic heterocycles. The van der Waals surface area contributed by atoms with E-state index in [1.54, 1.807) is 6.08 Å². The number of amides is 1. The molecule has 2 atom stereocenters. The number of hydrogen-bond acceptors (Lipinski definition) is 3. The maximum atomic E-state index is 12.4. The summed E-state index contributed by atoms with van der Waals surface area (Å²) in [5.74, 6) is -0.0826. The zero-order chi connectivity index (χ0) is 43.5. The van der Waals surface area contributed by atoms with E-state index in [1.807, 2.05) is 6.08 Å². The van der Waals surface area contributed by atoms with Gasteiger partial charge in [-0.1, -0.05) is 232 Å². The van der Waals surface area contributed by atoms with E-state index in [9.17, 15) is 15.0 Å². The van der Waals surface area contributed by atoms with Gasteiger partial charge in [0.15, 0.2) is 0 Å². The van der Waals surface area contributed by atoms with Gasteiger partial charge in [-0.05, 0) is 89.9 Å². The predicted molar refractivity (Wildman–Crippen MR) is 266 cm³/mol. The molecule has 0 radical (unpaired) electrons. The van der Waals surface area contributed by atoms with Crippen molar-refractivity contribution in [2.45, 2.75) is 231 Å². The molecule has 4 heteroatoms. The van der Waals surface area contributed by atoms with E-state index >= 15 is 0 Å². The molecule has 342 valence electrons. The lowest BCUT2D eigenvalue weighted by atomic mass is 10.0. The van der Waals surface area contributed by atoms with E-state index in [0.717, 1.165) is 83.5 Å². The Kier molecular flexibility index (Phi) is 47.9. The van der Waals surface area contributed by atoms with Gasteiger partial charge >= 0.3 is 0 Å². The summed E-state index contributed by atoms with van der Waals surface area (Å²) < 4.78 is 0. The summed E-state index contributed by atoms with van der Waals surface area (Å²) in [5.41, 5.74) is 0. The summed E-state index contributed by atoms with van der Waals surface area (Å²) in [7, 11) is 0. The Hall–Kier alpha value is -2.95. The number of rotatable bonds is 44. The predicted octanol–water partition coefficient (Wildman–Crippen LogP) is 16.4. The second-order valence-corrected chi connectivity index (χ2v) is 16.5. The summed E-state index contributed by atoms with van der Waals surface area (Å²) in [6.07, 6.45) is 76.7. The van der Waals surface area contributed by atoms with Gasteiger partial charge in [-0.3, -0.25) is 4.79 Å². The van der Waals surface area contributed by atoms with E-state index < -0.39 is 12.1 Å². The van der Waals surface area contributed by atoms with E-state index in [4.69, 9.17) is 0 Å². The first-order valence-corrected chi connectivity index (χ1v) is 25.1. The maximum absolute atomic E-state index is 12.4. The summed E-state index contributed by atoms with van der Waals surface area (Å²) in [6.45, 7) is 4.09. The number of carbonyl (C=O) groups is 1. The molecule has 0 heterocycles. The zero-order valence-electron chi connectivity index (χ0n) is 39.2. The molecule has 0 spiro atoms. The van der Waals surface area contributed by atoms with E-state index in [0.29, 0.717) is 6.42 Å². The molecule has 0 aromatic heterocycles. The van der Waals surface area contributed by atoms with Crippen LogP contribution in [0.25, 0.3) is 0 Å². The van der Waals surface area contributed by atoms with Gasteiger partial charge in [0.2, 0.25) is 5.91 Å². The SMILES string of the molecule is CC/C=C\C/C=C\C/C=C\C/C=C\C/C=C\C/C=C\CCCCCCCCCCCCCCCCCCCCC(=O)NC(CO)C(O)/C=C/CC/C=C/CC/C=C/CCC. The van der Waals surface area contributed by atoms with E-state index in [-0.39, 0.29) is 12.5 Å². The van der Waals surface area contributed by atoms with Crippen molar-refractivity contribution in [2.75, 3.05) is 6.61 Å². The highest BCUT2D eigenvalue weighted by Crippen LogP contribution is 2.15. The Morgan fingerprint density at radius 3 is 1.15 bits per heavy atom. The molecule has 0 aromatic carbocycles. The summed E-state index contributed by atoms with van der Waals surface area (Å²) in [4.78, 5) is 12.4. The summed E-state index contributed by atoms with van der Waals surface area (Å²) >= 11 is 0. The minimum atomic E-state index is -0.872. The van der Waals surface area contributed by atoms with Crippen LogP contribution >= 0.6 is 0 Å². The highest BCUT2D eigenvalue weighted by molar-refractivity contribution is 5.76. The fraction of sp³-hybridized carbons (Fsp3) is 0.661. The average molecular weight is 830 g/mol. The van der Waals surface area contributed by atoms with Crippen LogP contribution < -0.4 is 5.32 Å². The van der Waals surface area contributed by atoms with Crippen molar-refractivity contribution in [3.8, 4) is 0 Å². The number of carbonyl (C=O) groups excluding carboxylic acids is 1. The molecule has 0 aromatic rings. The lowest BCUT2D eigenvalue weighted by molar-refractivity contribution is -0.123. The Balaban J connectivity index is 3.50.